The minimum atomic E-state index is 0.158. The lowest BCUT2D eigenvalue weighted by atomic mass is 10.0. The molecule has 1 saturated heterocycles. The molecule has 2 heterocycles. The lowest BCUT2D eigenvalue weighted by Crippen LogP contribution is -2.27. The molecule has 2 unspecified atom stereocenters. The van der Waals surface area contributed by atoms with Crippen molar-refractivity contribution < 1.29 is 4.74 Å². The molecule has 1 fully saturated rings. The molecular formula is C17H25N3O. The van der Waals surface area contributed by atoms with E-state index in [0.29, 0.717) is 6.10 Å². The second-order valence-electron chi connectivity index (χ2n) is 6.11. The van der Waals surface area contributed by atoms with Crippen LogP contribution in [0.5, 0.6) is 0 Å². The van der Waals surface area contributed by atoms with Gasteiger partial charge in [0.25, 0.3) is 0 Å². The molecule has 1 aliphatic rings. The molecule has 0 aliphatic carbocycles. The second kappa shape index (κ2) is 6.58. The van der Waals surface area contributed by atoms with Gasteiger partial charge in [-0.05, 0) is 44.2 Å². The predicted octanol–water partition coefficient (Wildman–Crippen LogP) is 2.79. The SMILES string of the molecule is Cn1c(CC(N)CCC2CCCCO2)nc2ccccc21. The summed E-state index contributed by atoms with van der Waals surface area (Å²) in [7, 11) is 2.07. The molecule has 2 atom stereocenters. The van der Waals surface area contributed by atoms with Crippen LogP contribution in [-0.2, 0) is 18.2 Å². The first-order chi connectivity index (χ1) is 10.2. The highest BCUT2D eigenvalue weighted by Gasteiger charge is 2.17. The summed E-state index contributed by atoms with van der Waals surface area (Å²) in [6.07, 6.45) is 7.04. The van der Waals surface area contributed by atoms with Crippen molar-refractivity contribution in [2.45, 2.75) is 50.7 Å². The normalized spacial score (nSPS) is 20.8. The average Bonchev–Trinajstić information content (AvgIpc) is 2.83. The van der Waals surface area contributed by atoms with Gasteiger partial charge in [-0.2, -0.15) is 0 Å². The highest BCUT2D eigenvalue weighted by atomic mass is 16.5. The van der Waals surface area contributed by atoms with Crippen molar-refractivity contribution in [3.8, 4) is 0 Å². The average molecular weight is 287 g/mol. The standard InChI is InChI=1S/C17H25N3O/c1-20-16-8-3-2-7-15(16)19-17(20)12-13(18)9-10-14-6-4-5-11-21-14/h2-3,7-8,13-14H,4-6,9-12,18H2,1H3. The Labute approximate surface area is 126 Å². The Bertz CT molecular complexity index is 587. The van der Waals surface area contributed by atoms with E-state index in [9.17, 15) is 0 Å². The van der Waals surface area contributed by atoms with E-state index in [1.807, 2.05) is 12.1 Å². The van der Waals surface area contributed by atoms with Gasteiger partial charge in [0.15, 0.2) is 0 Å². The number of hydrogen-bond donors (Lipinski definition) is 1. The zero-order valence-corrected chi connectivity index (χ0v) is 12.8. The van der Waals surface area contributed by atoms with Crippen LogP contribution in [0.25, 0.3) is 11.0 Å². The first-order valence-electron chi connectivity index (χ1n) is 8.01. The Morgan fingerprint density at radius 2 is 2.24 bits per heavy atom. The summed E-state index contributed by atoms with van der Waals surface area (Å²) in [5, 5.41) is 0. The molecule has 0 spiro atoms. The Hall–Kier alpha value is -1.39. The van der Waals surface area contributed by atoms with Crippen LogP contribution in [-0.4, -0.2) is 28.3 Å². The molecule has 114 valence electrons. The van der Waals surface area contributed by atoms with Crippen molar-refractivity contribution in [1.29, 1.82) is 0 Å². The number of benzene rings is 1. The molecular weight excluding hydrogens is 262 g/mol. The minimum Gasteiger partial charge on any atom is -0.378 e. The van der Waals surface area contributed by atoms with Gasteiger partial charge in [0.05, 0.1) is 17.1 Å². The fourth-order valence-corrected chi connectivity index (χ4v) is 3.15. The summed E-state index contributed by atoms with van der Waals surface area (Å²) in [6, 6.07) is 8.40. The van der Waals surface area contributed by atoms with E-state index in [1.165, 1.54) is 24.8 Å². The summed E-state index contributed by atoms with van der Waals surface area (Å²) < 4.78 is 7.93. The van der Waals surface area contributed by atoms with Gasteiger partial charge in [-0.15, -0.1) is 0 Å². The maximum Gasteiger partial charge on any atom is 0.111 e. The van der Waals surface area contributed by atoms with Gasteiger partial charge in [-0.25, -0.2) is 4.98 Å². The zero-order chi connectivity index (χ0) is 14.7. The maximum atomic E-state index is 6.30. The summed E-state index contributed by atoms with van der Waals surface area (Å²) >= 11 is 0. The van der Waals surface area contributed by atoms with Gasteiger partial charge >= 0.3 is 0 Å². The Morgan fingerprint density at radius 3 is 3.00 bits per heavy atom. The minimum absolute atomic E-state index is 0.158. The lowest BCUT2D eigenvalue weighted by molar-refractivity contribution is 0.00912. The second-order valence-corrected chi connectivity index (χ2v) is 6.11. The van der Waals surface area contributed by atoms with Crippen LogP contribution in [0, 0.1) is 0 Å². The lowest BCUT2D eigenvalue weighted by Gasteiger charge is -2.23. The van der Waals surface area contributed by atoms with Crippen LogP contribution in [0.15, 0.2) is 24.3 Å². The molecule has 1 aliphatic heterocycles. The van der Waals surface area contributed by atoms with E-state index in [4.69, 9.17) is 15.5 Å². The van der Waals surface area contributed by atoms with Crippen LogP contribution in [0.3, 0.4) is 0 Å². The van der Waals surface area contributed by atoms with E-state index >= 15 is 0 Å². The van der Waals surface area contributed by atoms with Gasteiger partial charge in [0, 0.05) is 26.1 Å². The van der Waals surface area contributed by atoms with E-state index in [2.05, 4.69) is 23.7 Å². The summed E-state index contributed by atoms with van der Waals surface area (Å²) in [4.78, 5) is 4.70. The van der Waals surface area contributed by atoms with Crippen molar-refractivity contribution in [1.82, 2.24) is 9.55 Å². The number of nitrogens with zero attached hydrogens (tertiary/aromatic N) is 2. The van der Waals surface area contributed by atoms with E-state index in [0.717, 1.165) is 37.2 Å². The monoisotopic (exact) mass is 287 g/mol. The third-order valence-corrected chi connectivity index (χ3v) is 4.46. The summed E-state index contributed by atoms with van der Waals surface area (Å²) in [6.45, 7) is 0.921. The number of nitrogens with two attached hydrogens (primary N) is 1. The first-order valence-corrected chi connectivity index (χ1v) is 8.01. The molecule has 2 aromatic rings. The molecule has 0 amide bonds. The van der Waals surface area contributed by atoms with Crippen molar-refractivity contribution in [2.24, 2.45) is 12.8 Å². The van der Waals surface area contributed by atoms with Crippen molar-refractivity contribution >= 4 is 11.0 Å². The topological polar surface area (TPSA) is 53.1 Å². The molecule has 1 aromatic heterocycles. The van der Waals surface area contributed by atoms with Gasteiger partial charge in [0.2, 0.25) is 0 Å². The Kier molecular flexibility index (Phi) is 4.56. The van der Waals surface area contributed by atoms with Gasteiger partial charge in [-0.3, -0.25) is 0 Å². The largest absolute Gasteiger partial charge is 0.378 e. The maximum absolute atomic E-state index is 6.30. The third kappa shape index (κ3) is 3.44. The van der Waals surface area contributed by atoms with E-state index < -0.39 is 0 Å². The van der Waals surface area contributed by atoms with Gasteiger partial charge in [0.1, 0.15) is 5.82 Å². The van der Waals surface area contributed by atoms with E-state index in [-0.39, 0.29) is 6.04 Å². The molecule has 4 heteroatoms. The van der Waals surface area contributed by atoms with Crippen molar-refractivity contribution in [2.75, 3.05) is 6.61 Å². The van der Waals surface area contributed by atoms with E-state index in [1.54, 1.807) is 0 Å². The molecule has 0 bridgehead atoms. The number of ether oxygens (including phenoxy) is 1. The molecule has 4 nitrogen and oxygen atoms in total. The molecule has 2 N–H and O–H groups in total. The van der Waals surface area contributed by atoms with Crippen LogP contribution in [0.2, 0.25) is 0 Å². The molecule has 3 rings (SSSR count). The number of aromatic nitrogens is 2. The number of rotatable bonds is 5. The van der Waals surface area contributed by atoms with Gasteiger partial charge < -0.3 is 15.0 Å². The van der Waals surface area contributed by atoms with Crippen LogP contribution in [0.4, 0.5) is 0 Å². The van der Waals surface area contributed by atoms with Crippen molar-refractivity contribution in [3.05, 3.63) is 30.1 Å². The fourth-order valence-electron chi connectivity index (χ4n) is 3.15. The predicted molar refractivity (Wildman–Crippen MR) is 85.2 cm³/mol. The smallest absolute Gasteiger partial charge is 0.111 e. The number of para-hydroxylation sites is 2. The van der Waals surface area contributed by atoms with Gasteiger partial charge in [-0.1, -0.05) is 12.1 Å². The van der Waals surface area contributed by atoms with Crippen LogP contribution in [0.1, 0.15) is 37.9 Å². The first kappa shape index (κ1) is 14.5. The number of imidazole rings is 1. The molecule has 21 heavy (non-hydrogen) atoms. The quantitative estimate of drug-likeness (QED) is 0.920. The molecule has 1 aromatic carbocycles. The fraction of sp³-hybridized carbons (Fsp3) is 0.588. The number of aryl methyl sites for hydroxylation is 1. The van der Waals surface area contributed by atoms with Crippen LogP contribution >= 0.6 is 0 Å². The highest BCUT2D eigenvalue weighted by Crippen LogP contribution is 2.19. The summed E-state index contributed by atoms with van der Waals surface area (Å²) in [5.74, 6) is 1.08. The molecule has 0 saturated carbocycles. The Morgan fingerprint density at radius 1 is 1.38 bits per heavy atom. The third-order valence-electron chi connectivity index (χ3n) is 4.46. The highest BCUT2D eigenvalue weighted by molar-refractivity contribution is 5.75. The Balaban J connectivity index is 1.58. The van der Waals surface area contributed by atoms with Crippen molar-refractivity contribution in [3.63, 3.8) is 0 Å². The number of fused-ring (bicyclic) bond motifs is 1. The van der Waals surface area contributed by atoms with Crippen LogP contribution < -0.4 is 5.73 Å². The summed E-state index contributed by atoms with van der Waals surface area (Å²) in [5.41, 5.74) is 8.53. The molecule has 0 radical (unpaired) electrons. The zero-order valence-electron chi connectivity index (χ0n) is 12.8. The number of hydrogen-bond acceptors (Lipinski definition) is 3.